The zero-order valence-electron chi connectivity index (χ0n) is 73.2. The number of alkyl halides is 30. The van der Waals surface area contributed by atoms with Gasteiger partial charge in [-0.3, -0.25) is 4.68 Å². The van der Waals surface area contributed by atoms with Crippen LogP contribution >= 0.6 is 0 Å². The van der Waals surface area contributed by atoms with Crippen LogP contribution in [-0.2, 0) is 108 Å². The second kappa shape index (κ2) is 63.1. The lowest BCUT2D eigenvalue weighted by molar-refractivity contribution is -0.318. The van der Waals surface area contributed by atoms with Crippen LogP contribution in [0, 0.1) is 0 Å². The summed E-state index contributed by atoms with van der Waals surface area (Å²) in [6.45, 7) is -0.336. The minimum absolute atomic E-state index is 0.0149. The molecule has 38 N–H and O–H groups in total. The van der Waals surface area contributed by atoms with Gasteiger partial charge in [0.1, 0.15) is 73.2 Å². The SMILES string of the molecule is NC[C@H]1O[C@H](O[C@H]2[C@H](OCCCCc3cn(CCCCO[C@@H]4[C@@H](O[C@H]5O[C@H](CO)[C@@H](O)[C@H](N)[C@H]5O)[C@H](N)C[C@H](N)[C@H]4O[C@H]4O[C@H](CN)[C@@H](O)C[C@H]4N)nn3)[C@@H](O[C@H]3O[C@H](CO)[C@@H](O)[C@H](N)[C@H]3O)[C@H](N)C[C@@H]2N)[C@H](N)C[C@@H]1O.O=C(O)C(F)(F)F.O=C(O)C(F)(F)F.O=C(O)C(F)(F)F.O=C(O)C(F)(F)F.O=C(O)C(F)(F)F.O=C(O)C(F)(F)F.O=C(O)C(F)(F)F.O=C(O)C(F)(F)F.O=C(O)C(F)(F)F.O=C(O)C(F)(F)F. The molecule has 2 saturated carbocycles. The topological polar surface area (TPSA) is 918 Å². The van der Waals surface area contributed by atoms with Crippen molar-refractivity contribution in [3.63, 3.8) is 0 Å². The number of aryl methyl sites for hydroxylation is 2. The Hall–Kier alpha value is -9.38. The molecule has 7 rings (SSSR count). The number of nitrogens with zero attached hydrogens (tertiary/aromatic N) is 3. The van der Waals surface area contributed by atoms with E-state index >= 15 is 0 Å². The molecular formula is C66H99F30N13O38. The summed E-state index contributed by atoms with van der Waals surface area (Å²) >= 11 is 0. The number of rotatable bonds is 24. The van der Waals surface area contributed by atoms with E-state index in [1.807, 2.05) is 6.20 Å². The van der Waals surface area contributed by atoms with Crippen LogP contribution in [0.3, 0.4) is 0 Å². The summed E-state index contributed by atoms with van der Waals surface area (Å²) in [7, 11) is 0. The molecule has 81 heteroatoms. The fourth-order valence-electron chi connectivity index (χ4n) is 11.0. The number of carboxylic acids is 10. The smallest absolute Gasteiger partial charge is 0.475 e. The maximum atomic E-state index is 11.0. The molecule has 0 bridgehead atoms. The highest BCUT2D eigenvalue weighted by Crippen LogP contribution is 2.37. The van der Waals surface area contributed by atoms with Crippen molar-refractivity contribution in [2.45, 2.75) is 297 Å². The number of nitrogens with two attached hydrogens (primary N) is 10. The first-order valence-corrected chi connectivity index (χ1v) is 39.3. The van der Waals surface area contributed by atoms with Crippen LogP contribution in [0.1, 0.15) is 57.1 Å². The van der Waals surface area contributed by atoms with E-state index in [0.717, 1.165) is 5.69 Å². The van der Waals surface area contributed by atoms with Crippen molar-refractivity contribution in [2.24, 2.45) is 57.3 Å². The predicted octanol–water partition coefficient (Wildman–Crippen LogP) is -3.80. The van der Waals surface area contributed by atoms with Crippen molar-refractivity contribution in [3.8, 4) is 0 Å². The van der Waals surface area contributed by atoms with Gasteiger partial charge in [-0.2, -0.15) is 132 Å². The van der Waals surface area contributed by atoms with Gasteiger partial charge in [0.05, 0.1) is 67.5 Å². The largest absolute Gasteiger partial charge is 0.490 e. The maximum Gasteiger partial charge on any atom is 0.490 e. The second-order valence-electron chi connectivity index (χ2n) is 29.4. The van der Waals surface area contributed by atoms with E-state index in [1.54, 1.807) is 4.68 Å². The summed E-state index contributed by atoms with van der Waals surface area (Å²) in [6, 6.07) is -6.79. The van der Waals surface area contributed by atoms with Gasteiger partial charge in [0.2, 0.25) is 0 Å². The monoisotopic (exact) mass is 2250 g/mol. The van der Waals surface area contributed by atoms with E-state index in [9.17, 15) is 173 Å². The zero-order valence-corrected chi connectivity index (χ0v) is 73.2. The number of carbonyl (C=O) groups is 10. The average Bonchev–Trinajstić information content (AvgIpc) is 1.29. The minimum atomic E-state index is -5.08. The van der Waals surface area contributed by atoms with Gasteiger partial charge in [-0.05, 0) is 57.8 Å². The van der Waals surface area contributed by atoms with Crippen LogP contribution in [0.4, 0.5) is 132 Å². The molecule has 1 aromatic rings. The van der Waals surface area contributed by atoms with Crippen LogP contribution in [-0.4, -0.2) is 439 Å². The quantitative estimate of drug-likeness (QED) is 0.0349. The number of halogens is 30. The van der Waals surface area contributed by atoms with Crippen LogP contribution in [0.15, 0.2) is 6.20 Å². The number of aliphatic hydroxyl groups is 8. The first-order chi connectivity index (χ1) is 66.2. The molecule has 6 aliphatic rings. The lowest BCUT2D eigenvalue weighted by Crippen LogP contribution is -2.68. The minimum Gasteiger partial charge on any atom is -0.475 e. The van der Waals surface area contributed by atoms with E-state index in [4.69, 9.17) is 204 Å². The molecule has 2 aliphatic carbocycles. The zero-order chi connectivity index (χ0) is 117. The molecule has 4 saturated heterocycles. The van der Waals surface area contributed by atoms with Gasteiger partial charge in [-0.15, -0.1) is 5.10 Å². The Morgan fingerprint density at radius 2 is 0.524 bits per heavy atom. The Morgan fingerprint density at radius 1 is 0.313 bits per heavy atom. The third-order valence-corrected chi connectivity index (χ3v) is 18.0. The number of unbranched alkanes of at least 4 members (excludes halogenated alkanes) is 2. The van der Waals surface area contributed by atoms with Gasteiger partial charge in [0, 0.05) is 63.2 Å². The van der Waals surface area contributed by atoms with E-state index in [1.165, 1.54) is 0 Å². The maximum absolute atomic E-state index is 11.0. The highest BCUT2D eigenvalue weighted by Gasteiger charge is 2.56. The van der Waals surface area contributed by atoms with Gasteiger partial charge >= 0.3 is 121 Å². The summed E-state index contributed by atoms with van der Waals surface area (Å²) in [6.07, 6.45) is -67.4. The molecule has 0 aromatic carbocycles. The van der Waals surface area contributed by atoms with Crippen molar-refractivity contribution in [1.29, 1.82) is 0 Å². The standard InChI is InChI=1S/C46H89N13O18.10C2HF3O2/c47-13-27-25(62)11-23(53)43(70-27)74-37-19(49)9-21(51)39(76-45-35(66)31(55)33(64)29(16-60)72-45)41(37)68-7-3-1-5-18-15-59(58-57-18)6-2-4-8-69-42-38(75-44-24(54)12-26(63)28(14-48)71-44)20(50)10-22(52)40(42)77-46-36(67)32(56)34(65)30(17-61)73-46;10*3-2(4,5)1(6)7/h15,19-46,60-67H,1-14,16-17,47-56H2;10*(H,6,7)/t19-,20-,21+,22+,23+,24+,25-,26-,27+,28+,29+,30+,31-,32-,33+,34+,35+,36+,37+,38+,39-,40-,41-,42-,43+,44+,45+,46+;;;;;;;;;;/m0........../s1. The molecule has 0 radical (unpaired) electrons. The summed E-state index contributed by atoms with van der Waals surface area (Å²) < 4.78 is 381. The van der Waals surface area contributed by atoms with Crippen molar-refractivity contribution in [2.75, 3.05) is 39.5 Å². The van der Waals surface area contributed by atoms with Crippen molar-refractivity contribution < 1.29 is 319 Å². The third-order valence-electron chi connectivity index (χ3n) is 18.0. The van der Waals surface area contributed by atoms with Crippen molar-refractivity contribution in [1.82, 2.24) is 15.0 Å². The Labute approximate surface area is 798 Å². The molecule has 0 spiro atoms. The highest BCUT2D eigenvalue weighted by molar-refractivity contribution is 5.76. The number of hydrogen-bond acceptors (Lipinski definition) is 40. The Balaban J connectivity index is -0.00000115. The van der Waals surface area contributed by atoms with Crippen LogP contribution in [0.2, 0.25) is 0 Å². The lowest BCUT2D eigenvalue weighted by Gasteiger charge is -2.49. The summed E-state index contributed by atoms with van der Waals surface area (Å²) in [4.78, 5) is 89.0. The number of aliphatic hydroxyl groups excluding tert-OH is 8. The molecule has 5 heterocycles. The fourth-order valence-corrected chi connectivity index (χ4v) is 11.0. The number of aromatic nitrogens is 3. The summed E-state index contributed by atoms with van der Waals surface area (Å²) in [5, 5.41) is 163. The molecule has 0 unspecified atom stereocenters. The second-order valence-corrected chi connectivity index (χ2v) is 29.4. The molecule has 0 amide bonds. The first-order valence-electron chi connectivity index (χ1n) is 39.3. The first kappa shape index (κ1) is 144. The molecule has 51 nitrogen and oxygen atoms in total. The van der Waals surface area contributed by atoms with Crippen molar-refractivity contribution in [3.05, 3.63) is 11.9 Å². The normalized spacial score (nSPS) is 29.5. The van der Waals surface area contributed by atoms with Crippen LogP contribution < -0.4 is 57.3 Å². The highest BCUT2D eigenvalue weighted by atomic mass is 19.4. The van der Waals surface area contributed by atoms with Gasteiger partial charge < -0.3 is 197 Å². The van der Waals surface area contributed by atoms with Crippen molar-refractivity contribution >= 4 is 59.7 Å². The Bertz CT molecular complexity index is 3550. The van der Waals surface area contributed by atoms with E-state index in [-0.39, 0.29) is 52.0 Å². The van der Waals surface area contributed by atoms with Crippen LogP contribution in [0.25, 0.3) is 0 Å². The Morgan fingerprint density at radius 3 is 0.735 bits per heavy atom. The number of carboxylic acid groups (broad SMARTS) is 10. The van der Waals surface area contributed by atoms with Gasteiger partial charge in [0.15, 0.2) is 25.2 Å². The number of ether oxygens (including phenoxy) is 10. The molecule has 147 heavy (non-hydrogen) atoms. The molecule has 4 aliphatic heterocycles. The van der Waals surface area contributed by atoms with E-state index in [0.29, 0.717) is 38.6 Å². The summed E-state index contributed by atoms with van der Waals surface area (Å²) in [5.41, 5.74) is 64.0. The Kier molecular flexibility index (Phi) is 61.7. The average molecular weight is 2250 g/mol. The van der Waals surface area contributed by atoms with E-state index < -0.39 is 306 Å². The summed E-state index contributed by atoms with van der Waals surface area (Å²) in [5.74, 6) is -27.6. The van der Waals surface area contributed by atoms with Gasteiger partial charge in [0.25, 0.3) is 0 Å². The van der Waals surface area contributed by atoms with Gasteiger partial charge in [-0.1, -0.05) is 5.21 Å². The number of aliphatic carboxylic acids is 10. The van der Waals surface area contributed by atoms with Gasteiger partial charge in [-0.25, -0.2) is 47.9 Å². The molecule has 866 valence electrons. The fraction of sp³-hybridized carbons (Fsp3) is 0.818. The number of hydrogen-bond donors (Lipinski definition) is 28. The van der Waals surface area contributed by atoms with E-state index in [2.05, 4.69) is 10.3 Å². The predicted molar refractivity (Wildman–Crippen MR) is 403 cm³/mol. The molecule has 6 fully saturated rings. The molecular weight excluding hydrogens is 2150 g/mol. The molecule has 1 aromatic heterocycles. The lowest BCUT2D eigenvalue weighted by atomic mass is 9.84. The third kappa shape index (κ3) is 55.3. The molecule has 28 atom stereocenters. The van der Waals surface area contributed by atoms with Crippen LogP contribution in [0.5, 0.6) is 0 Å².